The Labute approximate surface area is 363 Å². The molecule has 0 spiro atoms. The van der Waals surface area contributed by atoms with Gasteiger partial charge in [-0.3, -0.25) is 0 Å². The minimum atomic E-state index is 0.117. The van der Waals surface area contributed by atoms with Gasteiger partial charge in [0.05, 0.1) is 11.0 Å². The number of nitrogens with zero attached hydrogens (tertiary/aromatic N) is 2. The van der Waals surface area contributed by atoms with Crippen LogP contribution in [-0.4, -0.2) is 4.57 Å². The molecule has 0 unspecified atom stereocenters. The second-order valence-electron chi connectivity index (χ2n) is 17.4. The largest absolute Gasteiger partial charge is 0.311 e. The number of rotatable bonds is 7. The van der Waals surface area contributed by atoms with Crippen molar-refractivity contribution in [3.8, 4) is 39.1 Å². The second-order valence-corrected chi connectivity index (χ2v) is 17.4. The van der Waals surface area contributed by atoms with Crippen LogP contribution in [0.4, 0.5) is 17.1 Å². The number of anilines is 3. The minimum absolute atomic E-state index is 0.117. The third kappa shape index (κ3) is 6.62. The van der Waals surface area contributed by atoms with Crippen molar-refractivity contribution >= 4 is 60.4 Å². The van der Waals surface area contributed by atoms with Gasteiger partial charge in [-0.25, -0.2) is 0 Å². The van der Waals surface area contributed by atoms with E-state index in [1.807, 2.05) is 0 Å². The highest BCUT2D eigenvalue weighted by Crippen LogP contribution is 2.40. The molecule has 1 aromatic heterocycles. The van der Waals surface area contributed by atoms with E-state index in [9.17, 15) is 0 Å². The molecule has 11 rings (SSSR count). The molecule has 0 aliphatic rings. The zero-order valence-electron chi connectivity index (χ0n) is 35.3. The van der Waals surface area contributed by atoms with E-state index in [1.54, 1.807) is 0 Å². The highest BCUT2D eigenvalue weighted by molar-refractivity contribution is 6.14. The van der Waals surface area contributed by atoms with E-state index in [0.717, 1.165) is 22.7 Å². The van der Waals surface area contributed by atoms with E-state index in [2.05, 4.69) is 255 Å². The Balaban J connectivity index is 0.948. The Morgan fingerprint density at radius 2 is 0.726 bits per heavy atom. The summed E-state index contributed by atoms with van der Waals surface area (Å²) in [4.78, 5) is 2.36. The normalized spacial score (nSPS) is 11.8. The molecule has 0 saturated carbocycles. The quantitative estimate of drug-likeness (QED) is 0.146. The lowest BCUT2D eigenvalue weighted by Gasteiger charge is -2.26. The molecule has 0 aliphatic heterocycles. The fourth-order valence-electron chi connectivity index (χ4n) is 9.30. The highest BCUT2D eigenvalue weighted by Gasteiger charge is 2.17. The predicted molar refractivity (Wildman–Crippen MR) is 265 cm³/mol. The van der Waals surface area contributed by atoms with Gasteiger partial charge in [-0.15, -0.1) is 0 Å². The molecule has 1 heterocycles. The van der Waals surface area contributed by atoms with E-state index in [4.69, 9.17) is 0 Å². The zero-order chi connectivity index (χ0) is 41.8. The zero-order valence-corrected chi connectivity index (χ0v) is 35.3. The molecular weight excluding hydrogens is 749 g/mol. The molecule has 10 aromatic carbocycles. The SMILES string of the molecule is CC(C)(C)c1ccc(-c2ccc(N(c3ccc(-c4ccc(-c5cc6ccccc6c6ccccc56)cc4)cc3)c3ccc(-n4c5ccccc5c5ccccc54)cc3)cc2)cc1. The summed E-state index contributed by atoms with van der Waals surface area (Å²) in [7, 11) is 0. The van der Waals surface area contributed by atoms with Crippen molar-refractivity contribution in [2.75, 3.05) is 4.90 Å². The molecule has 2 nitrogen and oxygen atoms in total. The first-order chi connectivity index (χ1) is 30.4. The first-order valence-corrected chi connectivity index (χ1v) is 21.6. The van der Waals surface area contributed by atoms with Crippen molar-refractivity contribution in [2.45, 2.75) is 26.2 Å². The Morgan fingerprint density at radius 3 is 1.24 bits per heavy atom. The standard InChI is InChI=1S/C60H46N2/c1-60(2,3)47-30-24-42(25-31-47)44-28-34-49(35-29-44)61(50-36-38-51(39-37-50)62-58-18-10-8-16-55(58)56-17-9-11-19-59(56)62)48-32-26-43(27-33-48)41-20-22-45(23-21-41)57-40-46-12-4-5-13-52(46)53-14-6-7-15-54(53)57/h4-40H,1-3H3. The maximum atomic E-state index is 2.38. The van der Waals surface area contributed by atoms with Crippen LogP contribution < -0.4 is 4.90 Å². The van der Waals surface area contributed by atoms with Crippen LogP contribution in [0.15, 0.2) is 224 Å². The van der Waals surface area contributed by atoms with E-state index in [0.29, 0.717) is 0 Å². The monoisotopic (exact) mass is 794 g/mol. The van der Waals surface area contributed by atoms with Crippen LogP contribution >= 0.6 is 0 Å². The lowest BCUT2D eigenvalue weighted by Crippen LogP contribution is -2.10. The van der Waals surface area contributed by atoms with Crippen molar-refractivity contribution in [3.63, 3.8) is 0 Å². The van der Waals surface area contributed by atoms with Gasteiger partial charge in [0.1, 0.15) is 0 Å². The molecule has 0 aliphatic carbocycles. The first-order valence-electron chi connectivity index (χ1n) is 21.6. The predicted octanol–water partition coefficient (Wildman–Crippen LogP) is 16.9. The van der Waals surface area contributed by atoms with Crippen LogP contribution in [0, 0.1) is 0 Å². The number of hydrogen-bond donors (Lipinski definition) is 0. The summed E-state index contributed by atoms with van der Waals surface area (Å²) in [5.74, 6) is 0. The summed E-state index contributed by atoms with van der Waals surface area (Å²) in [5.41, 5.74) is 15.6. The smallest absolute Gasteiger partial charge is 0.0541 e. The van der Waals surface area contributed by atoms with E-state index >= 15 is 0 Å². The van der Waals surface area contributed by atoms with Gasteiger partial charge < -0.3 is 9.47 Å². The van der Waals surface area contributed by atoms with Gasteiger partial charge in [-0.1, -0.05) is 178 Å². The summed E-state index contributed by atoms with van der Waals surface area (Å²) in [5, 5.41) is 7.64. The number of benzene rings is 10. The Kier molecular flexibility index (Phi) is 9.09. The summed E-state index contributed by atoms with van der Waals surface area (Å²) in [6.45, 7) is 6.79. The highest BCUT2D eigenvalue weighted by atomic mass is 15.1. The average Bonchev–Trinajstić information content (AvgIpc) is 3.66. The molecule has 0 radical (unpaired) electrons. The molecule has 0 fully saturated rings. The van der Waals surface area contributed by atoms with E-state index in [-0.39, 0.29) is 5.41 Å². The molecule has 0 saturated heterocycles. The summed E-state index contributed by atoms with van der Waals surface area (Å²) in [6.07, 6.45) is 0. The number of hydrogen-bond acceptors (Lipinski definition) is 1. The van der Waals surface area contributed by atoms with Gasteiger partial charge >= 0.3 is 0 Å². The van der Waals surface area contributed by atoms with Gasteiger partial charge in [-0.2, -0.15) is 0 Å². The van der Waals surface area contributed by atoms with Crippen LogP contribution in [0.25, 0.3) is 82.4 Å². The summed E-state index contributed by atoms with van der Waals surface area (Å²) in [6, 6.07) is 82.2. The van der Waals surface area contributed by atoms with E-state index in [1.165, 1.54) is 82.3 Å². The molecular formula is C60H46N2. The Morgan fingerprint density at radius 1 is 0.339 bits per heavy atom. The maximum Gasteiger partial charge on any atom is 0.0541 e. The molecule has 0 atom stereocenters. The fraction of sp³-hybridized carbons (Fsp3) is 0.0667. The third-order valence-corrected chi connectivity index (χ3v) is 12.6. The molecule has 296 valence electrons. The van der Waals surface area contributed by atoms with E-state index < -0.39 is 0 Å². The van der Waals surface area contributed by atoms with Crippen LogP contribution in [0.2, 0.25) is 0 Å². The van der Waals surface area contributed by atoms with Crippen LogP contribution in [0.5, 0.6) is 0 Å². The van der Waals surface area contributed by atoms with Gasteiger partial charge in [0.25, 0.3) is 0 Å². The number of aromatic nitrogens is 1. The first kappa shape index (κ1) is 37.3. The van der Waals surface area contributed by atoms with Crippen molar-refractivity contribution in [3.05, 3.63) is 230 Å². The topological polar surface area (TPSA) is 8.17 Å². The fourth-order valence-corrected chi connectivity index (χ4v) is 9.30. The van der Waals surface area contributed by atoms with Crippen molar-refractivity contribution in [1.82, 2.24) is 4.57 Å². The lowest BCUT2D eigenvalue weighted by atomic mass is 9.86. The maximum absolute atomic E-state index is 2.38. The minimum Gasteiger partial charge on any atom is -0.311 e. The third-order valence-electron chi connectivity index (χ3n) is 12.6. The van der Waals surface area contributed by atoms with Crippen molar-refractivity contribution in [1.29, 1.82) is 0 Å². The summed E-state index contributed by atoms with van der Waals surface area (Å²) >= 11 is 0. The molecule has 2 heteroatoms. The molecule has 11 aromatic rings. The van der Waals surface area contributed by atoms with Crippen LogP contribution in [-0.2, 0) is 5.41 Å². The molecule has 0 amide bonds. The summed E-state index contributed by atoms with van der Waals surface area (Å²) < 4.78 is 2.38. The van der Waals surface area contributed by atoms with Gasteiger partial charge in [0.2, 0.25) is 0 Å². The van der Waals surface area contributed by atoms with Crippen molar-refractivity contribution < 1.29 is 0 Å². The molecule has 0 N–H and O–H groups in total. The number of fused-ring (bicyclic) bond motifs is 6. The van der Waals surface area contributed by atoms with Crippen LogP contribution in [0.1, 0.15) is 26.3 Å². The Bertz CT molecular complexity index is 3330. The average molecular weight is 795 g/mol. The van der Waals surface area contributed by atoms with Crippen molar-refractivity contribution in [2.24, 2.45) is 0 Å². The molecule has 0 bridgehead atoms. The van der Waals surface area contributed by atoms with Gasteiger partial charge in [0.15, 0.2) is 0 Å². The molecule has 62 heavy (non-hydrogen) atoms. The Hall–Kier alpha value is -7.68. The number of para-hydroxylation sites is 2. The van der Waals surface area contributed by atoms with Crippen LogP contribution in [0.3, 0.4) is 0 Å². The lowest BCUT2D eigenvalue weighted by molar-refractivity contribution is 0.590. The second kappa shape index (κ2) is 15.1. The van der Waals surface area contributed by atoms with Gasteiger partial charge in [0, 0.05) is 33.5 Å². The van der Waals surface area contributed by atoms with Gasteiger partial charge in [-0.05, 0) is 133 Å².